The lowest BCUT2D eigenvalue weighted by Crippen LogP contribution is -2.07. The van der Waals surface area contributed by atoms with Crippen molar-refractivity contribution in [2.24, 2.45) is 0 Å². The maximum atomic E-state index is 12.9. The molecular weight excluding hydrogens is 352 g/mol. The Balaban J connectivity index is 1.68. The van der Waals surface area contributed by atoms with Crippen LogP contribution in [0.5, 0.6) is 0 Å². The maximum absolute atomic E-state index is 12.9. The number of rotatable bonds is 5. The van der Waals surface area contributed by atoms with Gasteiger partial charge in [-0.2, -0.15) is 4.98 Å². The van der Waals surface area contributed by atoms with E-state index in [1.54, 1.807) is 36.4 Å². The largest absolute Gasteiger partial charge is 0.381 e. The quantitative estimate of drug-likeness (QED) is 0.686. The molecule has 4 rings (SSSR count). The van der Waals surface area contributed by atoms with E-state index in [4.69, 9.17) is 9.26 Å². The van der Waals surface area contributed by atoms with E-state index in [1.165, 1.54) is 0 Å². The summed E-state index contributed by atoms with van der Waals surface area (Å²) in [6, 6.07) is 15.8. The molecule has 2 heterocycles. The Morgan fingerprint density at radius 2 is 1.81 bits per heavy atom. The van der Waals surface area contributed by atoms with Gasteiger partial charge in [0.1, 0.15) is 0 Å². The molecule has 2 aromatic carbocycles. The highest BCUT2D eigenvalue weighted by Gasteiger charge is 2.26. The van der Waals surface area contributed by atoms with Crippen LogP contribution < -0.4 is 0 Å². The van der Waals surface area contributed by atoms with Gasteiger partial charge in [-0.25, -0.2) is 8.42 Å². The Morgan fingerprint density at radius 3 is 2.58 bits per heavy atom. The molecule has 3 aromatic rings. The van der Waals surface area contributed by atoms with Crippen molar-refractivity contribution in [2.45, 2.75) is 23.0 Å². The third-order valence-corrected chi connectivity index (χ3v) is 6.13. The minimum atomic E-state index is -3.55. The van der Waals surface area contributed by atoms with Crippen molar-refractivity contribution in [2.75, 3.05) is 13.2 Å². The fourth-order valence-corrected chi connectivity index (χ4v) is 4.60. The van der Waals surface area contributed by atoms with Crippen molar-refractivity contribution in [1.82, 2.24) is 10.1 Å². The highest BCUT2D eigenvalue weighted by atomic mass is 32.2. The number of ether oxygens (including phenoxy) is 1. The summed E-state index contributed by atoms with van der Waals surface area (Å²) in [4.78, 5) is 4.62. The molecule has 0 N–H and O–H groups in total. The predicted octanol–water partition coefficient (Wildman–Crippen LogP) is 3.21. The summed E-state index contributed by atoms with van der Waals surface area (Å²) in [5.74, 6) is 0.801. The van der Waals surface area contributed by atoms with Crippen LogP contribution in [-0.2, 0) is 20.3 Å². The molecule has 7 heteroatoms. The highest BCUT2D eigenvalue weighted by Crippen LogP contribution is 2.30. The van der Waals surface area contributed by atoms with Crippen molar-refractivity contribution >= 4 is 9.84 Å². The number of benzene rings is 2. The van der Waals surface area contributed by atoms with E-state index in [2.05, 4.69) is 10.1 Å². The van der Waals surface area contributed by atoms with Gasteiger partial charge in [0.15, 0.2) is 15.7 Å². The normalized spacial score (nSPS) is 17.5. The molecule has 1 aliphatic rings. The van der Waals surface area contributed by atoms with Gasteiger partial charge in [-0.15, -0.1) is 0 Å². The van der Waals surface area contributed by atoms with Crippen LogP contribution in [0.1, 0.15) is 23.7 Å². The number of aromatic nitrogens is 2. The zero-order valence-electron chi connectivity index (χ0n) is 14.0. The summed E-state index contributed by atoms with van der Waals surface area (Å²) in [7, 11) is -3.55. The summed E-state index contributed by atoms with van der Waals surface area (Å²) < 4.78 is 36.6. The second kappa shape index (κ2) is 7.01. The molecule has 0 bridgehead atoms. The summed E-state index contributed by atoms with van der Waals surface area (Å²) in [5.41, 5.74) is 1.16. The first-order valence-electron chi connectivity index (χ1n) is 8.41. The third-order valence-electron chi connectivity index (χ3n) is 4.39. The molecular formula is C19H18N2O4S. The van der Waals surface area contributed by atoms with Gasteiger partial charge < -0.3 is 9.26 Å². The van der Waals surface area contributed by atoms with Crippen molar-refractivity contribution in [1.29, 1.82) is 0 Å². The number of hydrogen-bond acceptors (Lipinski definition) is 6. The zero-order valence-corrected chi connectivity index (χ0v) is 14.9. The smallest absolute Gasteiger partial charge is 0.259 e. The lowest BCUT2D eigenvalue weighted by atomic mass is 10.1. The number of nitrogens with zero attached hydrogens (tertiary/aromatic N) is 2. The molecule has 1 aliphatic heterocycles. The van der Waals surface area contributed by atoms with Gasteiger partial charge in [0.25, 0.3) is 5.89 Å². The van der Waals surface area contributed by atoms with Crippen LogP contribution in [0.25, 0.3) is 11.5 Å². The Kier molecular flexibility index (Phi) is 4.57. The minimum absolute atomic E-state index is 0.0810. The fourth-order valence-electron chi connectivity index (χ4n) is 3.03. The SMILES string of the molecule is O=S(=O)(Cc1ccccc1)c1ccccc1-c1nc(C2CCOC2)no1. The van der Waals surface area contributed by atoms with E-state index in [9.17, 15) is 8.42 Å². The predicted molar refractivity (Wildman–Crippen MR) is 95.2 cm³/mol. The second-order valence-electron chi connectivity index (χ2n) is 6.26. The first kappa shape index (κ1) is 16.9. The van der Waals surface area contributed by atoms with Crippen LogP contribution in [0, 0.1) is 0 Å². The standard InChI is InChI=1S/C19H18N2O4S/c22-26(23,13-14-6-2-1-3-7-14)17-9-5-4-8-16(17)19-20-18(21-25-19)15-10-11-24-12-15/h1-9,15H,10-13H2. The molecule has 26 heavy (non-hydrogen) atoms. The molecule has 1 aromatic heterocycles. The molecule has 1 unspecified atom stereocenters. The monoisotopic (exact) mass is 370 g/mol. The highest BCUT2D eigenvalue weighted by molar-refractivity contribution is 7.90. The fraction of sp³-hybridized carbons (Fsp3) is 0.263. The minimum Gasteiger partial charge on any atom is -0.381 e. The van der Waals surface area contributed by atoms with Crippen LogP contribution in [0.2, 0.25) is 0 Å². The summed E-state index contributed by atoms with van der Waals surface area (Å²) in [5, 5.41) is 4.02. The molecule has 0 aliphatic carbocycles. The molecule has 0 radical (unpaired) electrons. The topological polar surface area (TPSA) is 82.3 Å². The third kappa shape index (κ3) is 3.40. The molecule has 0 spiro atoms. The van der Waals surface area contributed by atoms with Gasteiger partial charge in [-0.1, -0.05) is 47.6 Å². The van der Waals surface area contributed by atoms with Crippen molar-refractivity contribution in [3.05, 3.63) is 66.0 Å². The molecule has 6 nitrogen and oxygen atoms in total. The van der Waals surface area contributed by atoms with E-state index < -0.39 is 9.84 Å². The Labute approximate surface area is 151 Å². The molecule has 0 amide bonds. The van der Waals surface area contributed by atoms with Gasteiger partial charge in [0, 0.05) is 12.5 Å². The van der Waals surface area contributed by atoms with Gasteiger partial charge in [0.05, 0.1) is 22.8 Å². The van der Waals surface area contributed by atoms with Gasteiger partial charge in [-0.05, 0) is 24.1 Å². The molecule has 134 valence electrons. The average Bonchev–Trinajstić information content (AvgIpc) is 3.34. The second-order valence-corrected chi connectivity index (χ2v) is 8.22. The zero-order chi connectivity index (χ0) is 18.0. The molecule has 1 atom stereocenters. The lowest BCUT2D eigenvalue weighted by molar-refractivity contribution is 0.192. The van der Waals surface area contributed by atoms with Gasteiger partial charge in [-0.3, -0.25) is 0 Å². The van der Waals surface area contributed by atoms with E-state index >= 15 is 0 Å². The van der Waals surface area contributed by atoms with Crippen LogP contribution in [0.3, 0.4) is 0 Å². The Morgan fingerprint density at radius 1 is 1.04 bits per heavy atom. The van der Waals surface area contributed by atoms with Crippen LogP contribution in [0.15, 0.2) is 64.0 Å². The van der Waals surface area contributed by atoms with Crippen molar-refractivity contribution in [3.8, 4) is 11.5 Å². The van der Waals surface area contributed by atoms with E-state index in [-0.39, 0.29) is 22.5 Å². The van der Waals surface area contributed by atoms with Gasteiger partial charge >= 0.3 is 0 Å². The van der Waals surface area contributed by atoms with Crippen LogP contribution >= 0.6 is 0 Å². The summed E-state index contributed by atoms with van der Waals surface area (Å²) >= 11 is 0. The molecule has 1 saturated heterocycles. The summed E-state index contributed by atoms with van der Waals surface area (Å²) in [6.07, 6.45) is 0.840. The molecule has 1 fully saturated rings. The van der Waals surface area contributed by atoms with Crippen molar-refractivity contribution < 1.29 is 17.7 Å². The van der Waals surface area contributed by atoms with Crippen molar-refractivity contribution in [3.63, 3.8) is 0 Å². The average molecular weight is 370 g/mol. The number of sulfone groups is 1. The first-order valence-corrected chi connectivity index (χ1v) is 10.1. The Hall–Kier alpha value is -2.51. The summed E-state index contributed by atoms with van der Waals surface area (Å²) in [6.45, 7) is 1.24. The van der Waals surface area contributed by atoms with Crippen LogP contribution in [0.4, 0.5) is 0 Å². The lowest BCUT2D eigenvalue weighted by Gasteiger charge is -2.08. The number of hydrogen-bond donors (Lipinski definition) is 0. The molecule has 0 saturated carbocycles. The first-order chi connectivity index (χ1) is 12.6. The van der Waals surface area contributed by atoms with E-state index in [0.29, 0.717) is 24.6 Å². The van der Waals surface area contributed by atoms with Gasteiger partial charge in [0.2, 0.25) is 0 Å². The van der Waals surface area contributed by atoms with E-state index in [1.807, 2.05) is 18.2 Å². The Bertz CT molecular complexity index is 993. The maximum Gasteiger partial charge on any atom is 0.259 e. The van der Waals surface area contributed by atoms with Crippen LogP contribution in [-0.4, -0.2) is 31.8 Å². The van der Waals surface area contributed by atoms with E-state index in [0.717, 1.165) is 12.0 Å².